The van der Waals surface area contributed by atoms with Crippen molar-refractivity contribution in [2.24, 2.45) is 22.9 Å². The van der Waals surface area contributed by atoms with Gasteiger partial charge >= 0.3 is 24.4 Å². The molecule has 39 heavy (non-hydrogen) atoms. The van der Waals surface area contributed by atoms with Crippen LogP contribution >= 0.6 is 0 Å². The summed E-state index contributed by atoms with van der Waals surface area (Å²) in [6, 6.07) is -1.67. The second kappa shape index (κ2) is 59.7. The molecule has 1 fully saturated rings. The van der Waals surface area contributed by atoms with Gasteiger partial charge in [0.25, 0.3) is 0 Å². The summed E-state index contributed by atoms with van der Waals surface area (Å²) in [5.74, 6) is 0. The average molecular weight is 593 g/mol. The molecule has 1 heterocycles. The molecule has 0 aromatic rings. The second-order valence-electron chi connectivity index (χ2n) is 4.93. The van der Waals surface area contributed by atoms with E-state index in [1.54, 1.807) is 0 Å². The maximum absolute atomic E-state index is 10.3. The molecule has 22 heteroatoms. The molecule has 0 unspecified atom stereocenters. The first-order chi connectivity index (χ1) is 16.5. The van der Waals surface area contributed by atoms with Crippen LogP contribution in [0.3, 0.4) is 0 Å². The third-order valence-electron chi connectivity index (χ3n) is 1.84. The van der Waals surface area contributed by atoms with Gasteiger partial charge in [0.15, 0.2) is 0 Å². The zero-order valence-corrected chi connectivity index (χ0v) is 22.5. The molecule has 0 spiro atoms. The molecular weight excluding hydrogens is 540 g/mol. The Morgan fingerprint density at radius 2 is 0.949 bits per heavy atom. The van der Waals surface area contributed by atoms with Crippen LogP contribution in [-0.4, -0.2) is 123 Å². The fourth-order valence-corrected chi connectivity index (χ4v) is 0.811. The van der Waals surface area contributed by atoms with Gasteiger partial charge in [-0.25, -0.2) is 19.2 Å². The predicted molar refractivity (Wildman–Crippen MR) is 139 cm³/mol. The lowest BCUT2D eigenvalue weighted by molar-refractivity contribution is -0.0180. The van der Waals surface area contributed by atoms with Crippen LogP contribution in [0.15, 0.2) is 0 Å². The van der Waals surface area contributed by atoms with Crippen molar-refractivity contribution in [1.82, 2.24) is 24.6 Å². The van der Waals surface area contributed by atoms with Crippen LogP contribution in [0.25, 0.3) is 0 Å². The number of aliphatic hydroxyl groups is 5. The summed E-state index contributed by atoms with van der Waals surface area (Å²) in [7, 11) is 0. The Morgan fingerprint density at radius 3 is 1.15 bits per heavy atom. The maximum atomic E-state index is 10.3. The van der Waals surface area contributed by atoms with Gasteiger partial charge in [0, 0.05) is 6.61 Å². The minimum atomic E-state index is -0.872. The van der Waals surface area contributed by atoms with Crippen molar-refractivity contribution in [3.05, 3.63) is 0 Å². The number of carbonyl (C=O) groups excluding carboxylic acids is 4. The first kappa shape index (κ1) is 60.3. The van der Waals surface area contributed by atoms with Crippen LogP contribution in [-0.2, 0) is 23.7 Å². The number of carbonyl (C=O) groups is 4. The summed E-state index contributed by atoms with van der Waals surface area (Å²) >= 11 is 0. The molecule has 0 radical (unpaired) electrons. The highest BCUT2D eigenvalue weighted by molar-refractivity contribution is 5.69. The Hall–Kier alpha value is -3.32. The number of aliphatic hydroxyl groups excluding tert-OH is 5. The molecular formula is C17H52N8O14. The highest BCUT2D eigenvalue weighted by Crippen LogP contribution is 1.90. The van der Waals surface area contributed by atoms with Crippen molar-refractivity contribution in [2.75, 3.05) is 72.7 Å². The van der Waals surface area contributed by atoms with E-state index in [0.29, 0.717) is 33.0 Å². The molecule has 0 bridgehead atoms. The zero-order chi connectivity index (χ0) is 28.3. The highest BCUT2D eigenvalue weighted by Gasteiger charge is 2.05. The van der Waals surface area contributed by atoms with Crippen LogP contribution in [0.4, 0.5) is 19.2 Å². The van der Waals surface area contributed by atoms with Crippen molar-refractivity contribution >= 4 is 24.4 Å². The van der Waals surface area contributed by atoms with Gasteiger partial charge in [-0.15, -0.1) is 0 Å². The number of hydrogen-bond acceptors (Lipinski definition) is 18. The molecule has 22 nitrogen and oxygen atoms in total. The summed E-state index contributed by atoms with van der Waals surface area (Å²) < 4.78 is 22.5. The first-order valence-corrected chi connectivity index (χ1v) is 9.81. The van der Waals surface area contributed by atoms with Crippen molar-refractivity contribution in [1.29, 1.82) is 0 Å². The Bertz CT molecular complexity index is 435. The fourth-order valence-electron chi connectivity index (χ4n) is 0.811. The molecule has 1 aliphatic rings. The Morgan fingerprint density at radius 1 is 0.667 bits per heavy atom. The van der Waals surface area contributed by atoms with E-state index in [1.807, 2.05) is 6.92 Å². The molecule has 0 saturated carbocycles. The van der Waals surface area contributed by atoms with Gasteiger partial charge in [0.05, 0.1) is 39.6 Å². The normalized spacial score (nSPS) is 9.95. The minimum Gasteiger partial charge on any atom is -0.432 e. The van der Waals surface area contributed by atoms with Crippen LogP contribution < -0.4 is 47.5 Å². The van der Waals surface area contributed by atoms with Crippen LogP contribution in [0.5, 0.6) is 0 Å². The van der Waals surface area contributed by atoms with Gasteiger partial charge in [-0.3, -0.25) is 0 Å². The largest absolute Gasteiger partial charge is 0.508 e. The van der Waals surface area contributed by atoms with Gasteiger partial charge in [-0.05, 0) is 6.42 Å². The van der Waals surface area contributed by atoms with Crippen LogP contribution in [0.1, 0.15) is 13.3 Å². The molecule has 25 N–H and O–H groups in total. The lowest BCUT2D eigenvalue weighted by Crippen LogP contribution is -2.19. The lowest BCUT2D eigenvalue weighted by atomic mass is 10.5. The Labute approximate surface area is 227 Å². The molecule has 1 rings (SSSR count). The number of ether oxygens (including phenoxy) is 5. The number of urea groups is 2. The van der Waals surface area contributed by atoms with Gasteiger partial charge < -0.3 is 96.8 Å². The van der Waals surface area contributed by atoms with Crippen molar-refractivity contribution in [3.8, 4) is 0 Å². The van der Waals surface area contributed by atoms with E-state index in [2.05, 4.69) is 41.9 Å². The number of hydrogen-bond donors (Lipinski definition) is 13. The molecule has 0 aliphatic carbocycles. The van der Waals surface area contributed by atoms with E-state index in [0.717, 1.165) is 6.42 Å². The van der Waals surface area contributed by atoms with Gasteiger partial charge in [-0.1, -0.05) is 6.92 Å². The van der Waals surface area contributed by atoms with Crippen molar-refractivity contribution in [3.63, 3.8) is 0 Å². The monoisotopic (exact) mass is 592 g/mol. The Kier molecular flexibility index (Phi) is 92.2. The molecule has 1 saturated heterocycles. The van der Waals surface area contributed by atoms with E-state index >= 15 is 0 Å². The maximum Gasteiger partial charge on any atom is 0.508 e. The first-order valence-electron chi connectivity index (χ1n) is 9.81. The molecule has 0 aromatic heterocycles. The summed E-state index contributed by atoms with van der Waals surface area (Å²) in [5.41, 5.74) is 17.0. The van der Waals surface area contributed by atoms with E-state index in [9.17, 15) is 9.59 Å². The number of nitrogens with two attached hydrogens (primary N) is 4. The predicted octanol–water partition coefficient (Wildman–Crippen LogP) is -2.65. The third-order valence-corrected chi connectivity index (χ3v) is 1.84. The standard InChI is InChI=1S/C5H10O5.C5H8O4.C3H8O.C2H6O2.2CH4N2O.4H3N/c6-1-3-9-5(8)10-4-2-7;6-5-8-3-1-7-2-4-9-5;1-2-3-4;3-1-2-4;2*2-1(3)4;;;;/h6-7H,1-4H2;1-4H2;4H,2-3H2,1H3;3-4H,1-2H2;2*(H4,2,3,4);4*1H3. The van der Waals surface area contributed by atoms with Crippen molar-refractivity contribution in [2.45, 2.75) is 13.3 Å². The van der Waals surface area contributed by atoms with Crippen molar-refractivity contribution < 1.29 is 68.4 Å². The van der Waals surface area contributed by atoms with E-state index in [-0.39, 0.29) is 64.2 Å². The van der Waals surface area contributed by atoms with Gasteiger partial charge in [-0.2, -0.15) is 0 Å². The van der Waals surface area contributed by atoms with E-state index < -0.39 is 24.4 Å². The van der Waals surface area contributed by atoms with Crippen LogP contribution in [0, 0.1) is 0 Å². The molecule has 4 amide bonds. The van der Waals surface area contributed by atoms with Gasteiger partial charge in [0.2, 0.25) is 0 Å². The van der Waals surface area contributed by atoms with Crippen LogP contribution in [0.2, 0.25) is 0 Å². The molecule has 0 atom stereocenters. The number of amides is 4. The summed E-state index contributed by atoms with van der Waals surface area (Å²) in [6.07, 6.45) is -0.596. The Balaban J connectivity index is -0.0000000409. The summed E-state index contributed by atoms with van der Waals surface area (Å²) in [4.78, 5) is 38.6. The minimum absolute atomic E-state index is 0. The number of primary amides is 4. The quantitative estimate of drug-likeness (QED) is 0.140. The second-order valence-corrected chi connectivity index (χ2v) is 4.93. The topological polar surface area (TPSA) is 460 Å². The fraction of sp³-hybridized carbons (Fsp3) is 0.765. The average Bonchev–Trinajstić information content (AvgIpc) is 2.78. The third kappa shape index (κ3) is 133. The highest BCUT2D eigenvalue weighted by atomic mass is 16.7. The van der Waals surface area contributed by atoms with E-state index in [4.69, 9.17) is 39.9 Å². The zero-order valence-electron chi connectivity index (χ0n) is 22.5. The molecule has 0 aromatic carbocycles. The van der Waals surface area contributed by atoms with Gasteiger partial charge in [0.1, 0.15) is 26.4 Å². The number of rotatable bonds is 6. The SMILES string of the molecule is CCCO.N.N.N.N.NC(N)=O.NC(N)=O.O=C(OCCO)OCCO.O=C1OCCOCCO1.OCCO. The number of cyclic esters (lactones) is 2. The molecule has 1 aliphatic heterocycles. The molecule has 244 valence electrons. The lowest BCUT2D eigenvalue weighted by Gasteiger charge is -2.10. The summed E-state index contributed by atoms with van der Waals surface area (Å²) in [6.45, 7) is 2.90. The smallest absolute Gasteiger partial charge is 0.432 e. The van der Waals surface area contributed by atoms with E-state index in [1.165, 1.54) is 0 Å². The summed E-state index contributed by atoms with van der Waals surface area (Å²) in [5, 5.41) is 39.4.